The van der Waals surface area contributed by atoms with Crippen LogP contribution in [0.4, 0.5) is 14.6 Å². The minimum absolute atomic E-state index is 0.281. The van der Waals surface area contributed by atoms with Crippen molar-refractivity contribution in [3.05, 3.63) is 65.7 Å². The third-order valence-corrected chi connectivity index (χ3v) is 5.71. The number of fused-ring (bicyclic) bond motifs is 1. The minimum Gasteiger partial charge on any atom is -0.352 e. The van der Waals surface area contributed by atoms with Gasteiger partial charge in [0.1, 0.15) is 34.6 Å². The van der Waals surface area contributed by atoms with Crippen molar-refractivity contribution in [1.29, 1.82) is 5.26 Å². The van der Waals surface area contributed by atoms with Crippen LogP contribution in [-0.4, -0.2) is 55.8 Å². The number of pyridine rings is 1. The Morgan fingerprint density at radius 2 is 1.85 bits per heavy atom. The predicted octanol–water partition coefficient (Wildman–Crippen LogP) is 2.90. The lowest BCUT2D eigenvalue weighted by Gasteiger charge is -2.36. The van der Waals surface area contributed by atoms with Crippen molar-refractivity contribution in [2.75, 3.05) is 31.1 Å². The number of aromatic nitrogens is 5. The largest absolute Gasteiger partial charge is 0.352 e. The van der Waals surface area contributed by atoms with Crippen molar-refractivity contribution in [3.63, 3.8) is 0 Å². The molecule has 166 valence electrons. The Bertz CT molecular complexity index is 1370. The molecule has 5 rings (SSSR count). The Morgan fingerprint density at radius 3 is 2.55 bits per heavy atom. The summed E-state index contributed by atoms with van der Waals surface area (Å²) in [4.78, 5) is 18.0. The van der Waals surface area contributed by atoms with Gasteiger partial charge in [-0.2, -0.15) is 10.4 Å². The van der Waals surface area contributed by atoms with E-state index in [1.165, 1.54) is 12.1 Å². The molecule has 0 amide bonds. The van der Waals surface area contributed by atoms with E-state index in [1.807, 2.05) is 19.3 Å². The minimum atomic E-state index is -0.575. The molecular weight excluding hydrogens is 426 g/mol. The summed E-state index contributed by atoms with van der Waals surface area (Å²) < 4.78 is 29.0. The smallest absolute Gasteiger partial charge is 0.156 e. The maximum Gasteiger partial charge on any atom is 0.156 e. The van der Waals surface area contributed by atoms with E-state index >= 15 is 0 Å². The van der Waals surface area contributed by atoms with E-state index in [4.69, 9.17) is 9.97 Å². The lowest BCUT2D eigenvalue weighted by molar-refractivity contribution is 0.246. The van der Waals surface area contributed by atoms with Gasteiger partial charge in [0.25, 0.3) is 0 Å². The zero-order chi connectivity index (χ0) is 22.9. The SMILES string of the molecule is Cn1cc(-c2nc3cnc(C#N)cc3nc2N2CCN(Cc3ccc(F)cc3F)CC2)cn1. The lowest BCUT2D eigenvalue weighted by atomic mass is 10.1. The van der Waals surface area contributed by atoms with E-state index < -0.39 is 11.6 Å². The standard InChI is InChI=1S/C23H20F2N8/c1-31-13-16(11-28-31)22-23(30-20-9-18(10-26)27-12-21(20)29-22)33-6-4-32(5-7-33)14-15-2-3-17(24)8-19(15)25/h2-3,8-9,11-13H,4-7,14H2,1H3. The van der Waals surface area contributed by atoms with Crippen LogP contribution in [0.25, 0.3) is 22.3 Å². The molecule has 0 unspecified atom stereocenters. The van der Waals surface area contributed by atoms with E-state index in [-0.39, 0.29) is 5.69 Å². The molecule has 1 aromatic carbocycles. The average Bonchev–Trinajstić information content (AvgIpc) is 3.26. The monoisotopic (exact) mass is 446 g/mol. The molecule has 4 heterocycles. The third-order valence-electron chi connectivity index (χ3n) is 5.71. The predicted molar refractivity (Wildman–Crippen MR) is 118 cm³/mol. The summed E-state index contributed by atoms with van der Waals surface area (Å²) in [6, 6.07) is 7.36. The molecule has 1 saturated heterocycles. The molecule has 0 aliphatic carbocycles. The summed E-state index contributed by atoms with van der Waals surface area (Å²) in [5.41, 5.74) is 3.48. The van der Waals surface area contributed by atoms with Crippen molar-refractivity contribution < 1.29 is 8.78 Å². The van der Waals surface area contributed by atoms with Crippen LogP contribution in [0.1, 0.15) is 11.3 Å². The number of hydrogen-bond donors (Lipinski definition) is 0. The van der Waals surface area contributed by atoms with Gasteiger partial charge in [0.05, 0.1) is 17.9 Å². The molecule has 8 nitrogen and oxygen atoms in total. The highest BCUT2D eigenvalue weighted by Crippen LogP contribution is 2.30. The molecule has 1 aliphatic heterocycles. The second-order valence-electron chi connectivity index (χ2n) is 7.97. The Kier molecular flexibility index (Phi) is 5.40. The van der Waals surface area contributed by atoms with Crippen LogP contribution in [0.5, 0.6) is 0 Å². The fraction of sp³-hybridized carbons (Fsp3) is 0.261. The van der Waals surface area contributed by atoms with E-state index in [0.717, 1.165) is 11.6 Å². The second kappa shape index (κ2) is 8.52. The maximum absolute atomic E-state index is 14.1. The van der Waals surface area contributed by atoms with Crippen LogP contribution >= 0.6 is 0 Å². The summed E-state index contributed by atoms with van der Waals surface area (Å²) in [6.07, 6.45) is 5.17. The number of piperazine rings is 1. The van der Waals surface area contributed by atoms with Gasteiger partial charge in [-0.15, -0.1) is 0 Å². The molecule has 0 atom stereocenters. The number of halogens is 2. The van der Waals surface area contributed by atoms with Crippen molar-refractivity contribution in [2.45, 2.75) is 6.54 Å². The number of anilines is 1. The van der Waals surface area contributed by atoms with E-state index in [1.54, 1.807) is 23.1 Å². The summed E-state index contributed by atoms with van der Waals surface area (Å²) in [6.45, 7) is 3.10. The number of nitrogens with zero attached hydrogens (tertiary/aromatic N) is 8. The van der Waals surface area contributed by atoms with Crippen LogP contribution in [0.15, 0.2) is 42.9 Å². The summed E-state index contributed by atoms with van der Waals surface area (Å²) in [5, 5.41) is 13.5. The average molecular weight is 446 g/mol. The molecule has 10 heteroatoms. The first kappa shape index (κ1) is 20.9. The van der Waals surface area contributed by atoms with Gasteiger partial charge in [-0.25, -0.2) is 23.7 Å². The summed E-state index contributed by atoms with van der Waals surface area (Å²) in [7, 11) is 1.84. The molecule has 1 fully saturated rings. The van der Waals surface area contributed by atoms with Gasteiger partial charge in [-0.3, -0.25) is 9.58 Å². The molecule has 0 spiro atoms. The molecule has 0 radical (unpaired) electrons. The molecular formula is C23H20F2N8. The van der Waals surface area contributed by atoms with Gasteiger partial charge >= 0.3 is 0 Å². The van der Waals surface area contributed by atoms with E-state index in [0.29, 0.717) is 60.8 Å². The molecule has 1 aliphatic rings. The fourth-order valence-electron chi connectivity index (χ4n) is 3.98. The Balaban J connectivity index is 1.43. The second-order valence-corrected chi connectivity index (χ2v) is 7.97. The summed E-state index contributed by atoms with van der Waals surface area (Å²) in [5.74, 6) is -0.398. The van der Waals surface area contributed by atoms with Crippen molar-refractivity contribution in [3.8, 4) is 17.3 Å². The first-order valence-electron chi connectivity index (χ1n) is 10.5. The van der Waals surface area contributed by atoms with Crippen LogP contribution in [0.3, 0.4) is 0 Å². The van der Waals surface area contributed by atoms with E-state index in [9.17, 15) is 14.0 Å². The molecule has 0 saturated carbocycles. The first-order chi connectivity index (χ1) is 16.0. The molecule has 3 aromatic heterocycles. The molecule has 33 heavy (non-hydrogen) atoms. The van der Waals surface area contributed by atoms with Crippen LogP contribution in [0.2, 0.25) is 0 Å². The van der Waals surface area contributed by atoms with Crippen LogP contribution in [-0.2, 0) is 13.6 Å². The van der Waals surface area contributed by atoms with Crippen molar-refractivity contribution in [1.82, 2.24) is 29.6 Å². The Hall–Kier alpha value is -3.97. The van der Waals surface area contributed by atoms with Gasteiger partial charge in [0.2, 0.25) is 0 Å². The van der Waals surface area contributed by atoms with Gasteiger partial charge < -0.3 is 4.90 Å². The number of hydrogen-bond acceptors (Lipinski definition) is 7. The zero-order valence-electron chi connectivity index (χ0n) is 17.9. The van der Waals surface area contributed by atoms with Gasteiger partial charge in [0, 0.05) is 69.2 Å². The lowest BCUT2D eigenvalue weighted by Crippen LogP contribution is -2.46. The van der Waals surface area contributed by atoms with Crippen molar-refractivity contribution >= 4 is 16.9 Å². The highest BCUT2D eigenvalue weighted by molar-refractivity contribution is 5.83. The highest BCUT2D eigenvalue weighted by atomic mass is 19.1. The van der Waals surface area contributed by atoms with Gasteiger partial charge in [-0.05, 0) is 6.07 Å². The number of aryl methyl sites for hydroxylation is 1. The van der Waals surface area contributed by atoms with Gasteiger partial charge in [-0.1, -0.05) is 6.07 Å². The quantitative estimate of drug-likeness (QED) is 0.476. The highest BCUT2D eigenvalue weighted by Gasteiger charge is 2.24. The van der Waals surface area contributed by atoms with E-state index in [2.05, 4.69) is 19.9 Å². The maximum atomic E-state index is 14.1. The Morgan fingerprint density at radius 1 is 1.03 bits per heavy atom. The normalized spacial score (nSPS) is 14.5. The topological polar surface area (TPSA) is 86.8 Å². The van der Waals surface area contributed by atoms with Gasteiger partial charge in [0.15, 0.2) is 5.82 Å². The molecule has 0 N–H and O–H groups in total. The van der Waals surface area contributed by atoms with Crippen molar-refractivity contribution in [2.24, 2.45) is 7.05 Å². The third kappa shape index (κ3) is 4.23. The van der Waals surface area contributed by atoms with Crippen LogP contribution < -0.4 is 4.90 Å². The van der Waals surface area contributed by atoms with Crippen LogP contribution in [0, 0.1) is 23.0 Å². The molecule has 0 bridgehead atoms. The number of nitriles is 1. The number of benzene rings is 1. The Labute approximate surface area is 188 Å². The summed E-state index contributed by atoms with van der Waals surface area (Å²) >= 11 is 0. The molecule has 4 aromatic rings. The fourth-order valence-corrected chi connectivity index (χ4v) is 3.98. The zero-order valence-corrected chi connectivity index (χ0v) is 17.9. The number of rotatable bonds is 4. The first-order valence-corrected chi connectivity index (χ1v) is 10.5.